The fourth-order valence-electron chi connectivity index (χ4n) is 14.2. The van der Waals surface area contributed by atoms with Gasteiger partial charge in [0.1, 0.15) is 6.10 Å². The van der Waals surface area contributed by atoms with Crippen LogP contribution in [0.4, 0.5) is 0 Å². The molecule has 0 aromatic heterocycles. The first-order valence-electron chi connectivity index (χ1n) is 21.3. The summed E-state index contributed by atoms with van der Waals surface area (Å²) >= 11 is 0. The molecule has 13 heteroatoms. The molecule has 0 radical (unpaired) electrons. The Morgan fingerprint density at radius 3 is 2.05 bits per heavy atom. The van der Waals surface area contributed by atoms with Crippen LogP contribution in [-0.2, 0) is 39.4 Å². The van der Waals surface area contributed by atoms with Gasteiger partial charge in [-0.3, -0.25) is 13.9 Å². The number of sulfone groups is 1. The van der Waals surface area contributed by atoms with Crippen LogP contribution in [0, 0.1) is 62.6 Å². The highest BCUT2D eigenvalue weighted by Gasteiger charge is 2.71. The van der Waals surface area contributed by atoms with Gasteiger partial charge < -0.3 is 9.64 Å². The number of fused-ring (bicyclic) bond motifs is 7. The van der Waals surface area contributed by atoms with E-state index < -0.39 is 20.2 Å². The Morgan fingerprint density at radius 2 is 1.48 bits per heavy atom. The Balaban J connectivity index is 0.000000795. The van der Waals surface area contributed by atoms with Crippen molar-refractivity contribution in [1.82, 2.24) is 4.90 Å². The summed E-state index contributed by atoms with van der Waals surface area (Å²) in [6, 6.07) is 0. The van der Waals surface area contributed by atoms with Crippen molar-refractivity contribution in [2.24, 2.45) is 62.6 Å². The third kappa shape index (κ3) is 9.70. The summed E-state index contributed by atoms with van der Waals surface area (Å²) in [7, 11) is -7.48. The minimum absolute atomic E-state index is 0.000600. The topological polar surface area (TPSA) is 172 Å². The average Bonchev–Trinajstić information content (AvgIpc) is 3.45. The van der Waals surface area contributed by atoms with E-state index in [1.165, 1.54) is 82.6 Å². The van der Waals surface area contributed by atoms with E-state index in [9.17, 15) is 13.2 Å². The zero-order valence-electron chi connectivity index (χ0n) is 35.6. The lowest BCUT2D eigenvalue weighted by Crippen LogP contribution is -2.66. The molecule has 0 amide bonds. The fraction of sp³-hybridized carbons (Fsp3) is 0.907. The van der Waals surface area contributed by atoms with Crippen LogP contribution in [0.3, 0.4) is 0 Å². The van der Waals surface area contributed by atoms with Gasteiger partial charge in [-0.2, -0.15) is 18.0 Å². The number of allylic oxidation sites excluding steroid dienone is 1. The van der Waals surface area contributed by atoms with Crippen molar-refractivity contribution in [3.05, 3.63) is 12.2 Å². The van der Waals surface area contributed by atoms with Crippen LogP contribution in [0.15, 0.2) is 12.2 Å². The minimum Gasteiger partial charge on any atom is -0.462 e. The van der Waals surface area contributed by atoms with Crippen molar-refractivity contribution in [3.63, 3.8) is 0 Å². The summed E-state index contributed by atoms with van der Waals surface area (Å²) in [5, 5.41) is 0. The molecule has 11 nitrogen and oxygen atoms in total. The smallest absolute Gasteiger partial charge is 0.394 e. The second-order valence-electron chi connectivity index (χ2n) is 20.5. The number of esters is 1. The third-order valence-electron chi connectivity index (χ3n) is 16.9. The highest BCUT2D eigenvalue weighted by Crippen LogP contribution is 2.78. The van der Waals surface area contributed by atoms with Crippen LogP contribution in [0.25, 0.3) is 0 Å². The maximum absolute atomic E-state index is 12.8. The first-order valence-corrected chi connectivity index (χ1v) is 24.5. The van der Waals surface area contributed by atoms with Gasteiger partial charge in [0.25, 0.3) is 0 Å². The lowest BCUT2D eigenvalue weighted by molar-refractivity contribution is -0.250. The molecule has 10 atom stereocenters. The van der Waals surface area contributed by atoms with Crippen molar-refractivity contribution in [1.29, 1.82) is 0 Å². The normalized spacial score (nSPS) is 39.8. The Bertz CT molecular complexity index is 1650. The molecule has 5 aliphatic carbocycles. The standard InChI is InChI=1S/C42H71NO4S.CO2.H2O4S/c1-29(2)28-36(44)47-35-16-18-39(7)33(38(35,5)6)15-19-41(9)34(39)13-12-32-37-31(30(3)4)14-20-42(37,22-21-40(32,41)8)17-10-11-23-43-24-26-48(45,46)27-25-43;2-1-3;1-5(2,3)4/h29,31-35,37H,3,10-28H2,1-2,4-9H3;;(H2,1,2,3,4)/t31-,32+,33-,34+,35-,37+,39-,40+,41+,42+;;/m0../s1. The molecule has 0 unspecified atom stereocenters. The van der Waals surface area contributed by atoms with E-state index in [2.05, 4.69) is 66.9 Å². The number of unbranched alkanes of at least 4 members (excludes halogenated alkanes) is 1. The fourth-order valence-corrected chi connectivity index (χ4v) is 15.5. The van der Waals surface area contributed by atoms with Crippen LogP contribution >= 0.6 is 0 Å². The summed E-state index contributed by atoms with van der Waals surface area (Å²) in [5.74, 6) is 4.50. The molecular weight excluding hydrogens is 755 g/mol. The van der Waals surface area contributed by atoms with Crippen LogP contribution in [0.1, 0.15) is 145 Å². The molecule has 0 aromatic carbocycles. The second-order valence-corrected chi connectivity index (χ2v) is 23.7. The Kier molecular flexibility index (Phi) is 14.7. The summed E-state index contributed by atoms with van der Waals surface area (Å²) < 4.78 is 61.7. The highest BCUT2D eigenvalue weighted by molar-refractivity contribution is 7.91. The van der Waals surface area contributed by atoms with E-state index in [1.54, 1.807) is 0 Å². The molecule has 1 heterocycles. The molecule has 0 spiro atoms. The number of hydrogen-bond donors (Lipinski definition) is 2. The van der Waals surface area contributed by atoms with Gasteiger partial charge >= 0.3 is 22.5 Å². The number of nitrogens with zero attached hydrogens (tertiary/aromatic N) is 1. The first-order chi connectivity index (χ1) is 25.8. The molecule has 322 valence electrons. The molecule has 0 bridgehead atoms. The van der Waals surface area contributed by atoms with Crippen molar-refractivity contribution in [3.8, 4) is 0 Å². The molecule has 6 aliphatic rings. The predicted molar refractivity (Wildman–Crippen MR) is 216 cm³/mol. The monoisotopic (exact) mass is 827 g/mol. The first kappa shape index (κ1) is 47.1. The predicted octanol–water partition coefficient (Wildman–Crippen LogP) is 8.27. The number of carbonyl (C=O) groups is 1. The second kappa shape index (κ2) is 17.5. The maximum Gasteiger partial charge on any atom is 0.394 e. The maximum atomic E-state index is 12.8. The molecule has 5 saturated carbocycles. The zero-order chi connectivity index (χ0) is 42.1. The lowest BCUT2D eigenvalue weighted by atomic mass is 9.32. The van der Waals surface area contributed by atoms with Crippen LogP contribution in [0.2, 0.25) is 0 Å². The Labute approximate surface area is 338 Å². The quantitative estimate of drug-likeness (QED) is 0.0992. The summed E-state index contributed by atoms with van der Waals surface area (Å²) in [4.78, 5) is 31.5. The van der Waals surface area contributed by atoms with E-state index in [4.69, 9.17) is 31.8 Å². The number of rotatable bonds is 9. The van der Waals surface area contributed by atoms with Crippen LogP contribution < -0.4 is 0 Å². The third-order valence-corrected chi connectivity index (χ3v) is 18.5. The van der Waals surface area contributed by atoms with E-state index in [-0.39, 0.29) is 29.1 Å². The van der Waals surface area contributed by atoms with Crippen molar-refractivity contribution >= 4 is 32.4 Å². The van der Waals surface area contributed by atoms with Crippen molar-refractivity contribution in [2.75, 3.05) is 31.1 Å². The summed E-state index contributed by atoms with van der Waals surface area (Å²) in [6.45, 7) is 26.7. The minimum atomic E-state index is -4.67. The zero-order valence-corrected chi connectivity index (χ0v) is 37.2. The van der Waals surface area contributed by atoms with Gasteiger partial charge in [0, 0.05) is 24.9 Å². The van der Waals surface area contributed by atoms with Crippen LogP contribution in [0.5, 0.6) is 0 Å². The van der Waals surface area contributed by atoms with Gasteiger partial charge in [0.2, 0.25) is 0 Å². The van der Waals surface area contributed by atoms with E-state index >= 15 is 0 Å². The van der Waals surface area contributed by atoms with Crippen molar-refractivity contribution in [2.45, 2.75) is 151 Å². The van der Waals surface area contributed by atoms with E-state index in [1.807, 2.05) is 0 Å². The van der Waals surface area contributed by atoms with Crippen molar-refractivity contribution < 1.29 is 45.1 Å². The molecule has 0 aromatic rings. The Hall–Kier alpha value is -1.63. The highest BCUT2D eigenvalue weighted by atomic mass is 32.3. The molecule has 2 N–H and O–H groups in total. The van der Waals surface area contributed by atoms with Crippen LogP contribution in [-0.4, -0.2) is 80.2 Å². The molecule has 1 aliphatic heterocycles. The van der Waals surface area contributed by atoms with Gasteiger partial charge in [-0.1, -0.05) is 67.0 Å². The molecule has 1 saturated heterocycles. The molecular formula is C43H73NO10S2. The van der Waals surface area contributed by atoms with Gasteiger partial charge in [-0.05, 0) is 148 Å². The SMILES string of the molecule is C=C(C)[C@@H]1CC[C@]2(CCCCN3CCS(=O)(=O)CC3)CC[C@]3(C)[C@H](CC[C@@H]4[C@@]5(C)CC[C@H](OC(=O)CC(C)C)C(C)(C)[C@@H]5CC[C@]43C)[C@@H]12.O=C=O.O=S(=O)(O)O. The van der Waals surface area contributed by atoms with E-state index in [0.29, 0.717) is 51.9 Å². The largest absolute Gasteiger partial charge is 0.462 e. The Morgan fingerprint density at radius 1 is 0.875 bits per heavy atom. The molecule has 56 heavy (non-hydrogen) atoms. The lowest BCUT2D eigenvalue weighted by Gasteiger charge is -2.73. The number of ether oxygens (including phenoxy) is 1. The molecule has 6 fully saturated rings. The summed E-state index contributed by atoms with van der Waals surface area (Å²) in [5.41, 5.74) is 2.84. The van der Waals surface area contributed by atoms with Gasteiger partial charge in [0.05, 0.1) is 11.5 Å². The number of hydrogen-bond acceptors (Lipinski definition) is 9. The molecule has 6 rings (SSSR count). The summed E-state index contributed by atoms with van der Waals surface area (Å²) in [6.07, 6.45) is 17.5. The van der Waals surface area contributed by atoms with Gasteiger partial charge in [-0.15, -0.1) is 0 Å². The van der Waals surface area contributed by atoms with Gasteiger partial charge in [-0.25, -0.2) is 8.42 Å². The number of carbonyl (C=O) groups excluding carboxylic acids is 3. The van der Waals surface area contributed by atoms with Gasteiger partial charge in [0.15, 0.2) is 9.84 Å². The van der Waals surface area contributed by atoms with E-state index in [0.717, 1.165) is 43.8 Å². The average molecular weight is 828 g/mol.